The number of hydrogen-bond acceptors (Lipinski definition) is 2. The molecule has 8 aromatic carbocycles. The van der Waals surface area contributed by atoms with Gasteiger partial charge in [0.15, 0.2) is 0 Å². The molecule has 232 valence electrons. The second-order valence-electron chi connectivity index (χ2n) is 12.5. The molecule has 9 rings (SSSR count). The van der Waals surface area contributed by atoms with Gasteiger partial charge in [0.2, 0.25) is 0 Å². The number of rotatable bonds is 7. The summed E-state index contributed by atoms with van der Waals surface area (Å²) in [6.45, 7) is 0. The van der Waals surface area contributed by atoms with Crippen molar-refractivity contribution < 1.29 is 0 Å². The van der Waals surface area contributed by atoms with Crippen LogP contribution >= 0.6 is 0 Å². The highest BCUT2D eigenvalue weighted by molar-refractivity contribution is 6.09. The van der Waals surface area contributed by atoms with Crippen molar-refractivity contribution in [3.05, 3.63) is 182 Å². The Morgan fingerprint density at radius 1 is 0.327 bits per heavy atom. The molecule has 1 heterocycles. The minimum atomic E-state index is 1.06. The third-order valence-corrected chi connectivity index (χ3v) is 9.39. The number of benzene rings is 8. The standard InChI is InChI=1S/C46H33N3/c1-3-12-32(13-4-1)39-28-33(23-26-45(39)48-42-21-11-15-31-14-7-8-18-37(31)42)34-22-25-44(47-36-16-5-2-6-17-36)40(29-34)35-24-27-46-41(30-35)38-19-9-10-20-43(38)49-46/h1-30,47-49H. The molecule has 0 fully saturated rings. The Hall–Kier alpha value is -6.58. The molecule has 0 bridgehead atoms. The summed E-state index contributed by atoms with van der Waals surface area (Å²) in [4.78, 5) is 3.58. The van der Waals surface area contributed by atoms with Gasteiger partial charge in [-0.3, -0.25) is 0 Å². The average Bonchev–Trinajstić information content (AvgIpc) is 3.54. The van der Waals surface area contributed by atoms with E-state index in [9.17, 15) is 0 Å². The highest BCUT2D eigenvalue weighted by atomic mass is 14.9. The lowest BCUT2D eigenvalue weighted by Gasteiger charge is -2.18. The number of aromatic nitrogens is 1. The molecule has 9 aromatic rings. The van der Waals surface area contributed by atoms with Gasteiger partial charge in [-0.15, -0.1) is 0 Å². The SMILES string of the molecule is c1ccc(Nc2ccc(-c3ccc(Nc4cccc5ccccc45)c(-c4ccccc4)c3)cc2-c2ccc3[nH]c4ccccc4c3c2)cc1. The maximum absolute atomic E-state index is 3.78. The first-order chi connectivity index (χ1) is 24.3. The number of para-hydroxylation sites is 2. The fourth-order valence-electron chi connectivity index (χ4n) is 6.93. The van der Waals surface area contributed by atoms with E-state index in [1.54, 1.807) is 0 Å². The van der Waals surface area contributed by atoms with Crippen LogP contribution in [0.2, 0.25) is 0 Å². The van der Waals surface area contributed by atoms with Gasteiger partial charge in [0, 0.05) is 61.1 Å². The van der Waals surface area contributed by atoms with Gasteiger partial charge < -0.3 is 15.6 Å². The van der Waals surface area contributed by atoms with E-state index in [-0.39, 0.29) is 0 Å². The first kappa shape index (κ1) is 28.6. The van der Waals surface area contributed by atoms with Crippen LogP contribution in [0.25, 0.3) is 66.0 Å². The summed E-state index contributed by atoms with van der Waals surface area (Å²) in [6, 6.07) is 64.7. The highest BCUT2D eigenvalue weighted by Gasteiger charge is 2.14. The monoisotopic (exact) mass is 627 g/mol. The molecule has 0 aliphatic rings. The van der Waals surface area contributed by atoms with Crippen LogP contribution in [-0.4, -0.2) is 4.98 Å². The van der Waals surface area contributed by atoms with Gasteiger partial charge in [0.1, 0.15) is 0 Å². The van der Waals surface area contributed by atoms with Crippen LogP contribution in [0.15, 0.2) is 182 Å². The molecule has 0 atom stereocenters. The van der Waals surface area contributed by atoms with E-state index in [0.29, 0.717) is 0 Å². The quantitative estimate of drug-likeness (QED) is 0.165. The molecular formula is C46H33N3. The number of nitrogens with one attached hydrogen (secondary N) is 3. The molecule has 3 nitrogen and oxygen atoms in total. The summed E-state index contributed by atoms with van der Waals surface area (Å²) >= 11 is 0. The van der Waals surface area contributed by atoms with Crippen molar-refractivity contribution in [2.75, 3.05) is 10.6 Å². The number of anilines is 4. The molecule has 3 heteroatoms. The number of aromatic amines is 1. The van der Waals surface area contributed by atoms with E-state index in [2.05, 4.69) is 192 Å². The van der Waals surface area contributed by atoms with E-state index >= 15 is 0 Å². The molecule has 1 aromatic heterocycles. The van der Waals surface area contributed by atoms with Gasteiger partial charge >= 0.3 is 0 Å². The van der Waals surface area contributed by atoms with Gasteiger partial charge in [0.25, 0.3) is 0 Å². The predicted molar refractivity (Wildman–Crippen MR) is 209 cm³/mol. The number of H-pyrrole nitrogens is 1. The molecule has 0 spiro atoms. The van der Waals surface area contributed by atoms with Crippen molar-refractivity contribution in [3.8, 4) is 33.4 Å². The van der Waals surface area contributed by atoms with E-state index in [1.807, 2.05) is 6.07 Å². The third-order valence-electron chi connectivity index (χ3n) is 9.39. The van der Waals surface area contributed by atoms with Crippen LogP contribution < -0.4 is 10.6 Å². The normalized spacial score (nSPS) is 11.3. The Labute approximate surface area is 285 Å². The molecule has 0 saturated heterocycles. The Bertz CT molecular complexity index is 2600. The van der Waals surface area contributed by atoms with Crippen molar-refractivity contribution in [2.45, 2.75) is 0 Å². The lowest BCUT2D eigenvalue weighted by molar-refractivity contribution is 1.51. The lowest BCUT2D eigenvalue weighted by atomic mass is 9.93. The molecule has 0 unspecified atom stereocenters. The summed E-state index contributed by atoms with van der Waals surface area (Å²) in [6.07, 6.45) is 0. The molecule has 0 radical (unpaired) electrons. The summed E-state index contributed by atoms with van der Waals surface area (Å²) in [7, 11) is 0. The molecule has 0 amide bonds. The average molecular weight is 628 g/mol. The molecule has 49 heavy (non-hydrogen) atoms. The molecule has 0 aliphatic carbocycles. The fraction of sp³-hybridized carbons (Fsp3) is 0. The van der Waals surface area contributed by atoms with Crippen LogP contribution in [0.3, 0.4) is 0 Å². The Balaban J connectivity index is 1.18. The van der Waals surface area contributed by atoms with Crippen molar-refractivity contribution in [1.82, 2.24) is 4.98 Å². The summed E-state index contributed by atoms with van der Waals surface area (Å²) in [5.74, 6) is 0. The van der Waals surface area contributed by atoms with Gasteiger partial charge in [-0.25, -0.2) is 0 Å². The number of hydrogen-bond donors (Lipinski definition) is 3. The van der Waals surface area contributed by atoms with E-state index in [1.165, 1.54) is 27.1 Å². The van der Waals surface area contributed by atoms with E-state index in [0.717, 1.165) is 61.6 Å². The van der Waals surface area contributed by atoms with Crippen LogP contribution in [0.1, 0.15) is 0 Å². The Kier molecular flexibility index (Phi) is 7.14. The van der Waals surface area contributed by atoms with E-state index < -0.39 is 0 Å². The fourth-order valence-corrected chi connectivity index (χ4v) is 6.93. The van der Waals surface area contributed by atoms with Gasteiger partial charge in [-0.2, -0.15) is 0 Å². The topological polar surface area (TPSA) is 39.8 Å². The molecule has 3 N–H and O–H groups in total. The van der Waals surface area contributed by atoms with Crippen LogP contribution in [0.5, 0.6) is 0 Å². The van der Waals surface area contributed by atoms with E-state index in [4.69, 9.17) is 0 Å². The zero-order chi connectivity index (χ0) is 32.6. The molecular weight excluding hydrogens is 595 g/mol. The number of fused-ring (bicyclic) bond motifs is 4. The smallest absolute Gasteiger partial charge is 0.0465 e. The highest BCUT2D eigenvalue weighted by Crippen LogP contribution is 2.40. The predicted octanol–water partition coefficient (Wildman–Crippen LogP) is 13.0. The third kappa shape index (κ3) is 5.48. The van der Waals surface area contributed by atoms with Crippen molar-refractivity contribution in [2.24, 2.45) is 0 Å². The maximum Gasteiger partial charge on any atom is 0.0465 e. The Morgan fingerprint density at radius 2 is 0.918 bits per heavy atom. The van der Waals surface area contributed by atoms with Crippen molar-refractivity contribution in [1.29, 1.82) is 0 Å². The minimum Gasteiger partial charge on any atom is -0.355 e. The van der Waals surface area contributed by atoms with Crippen molar-refractivity contribution >= 4 is 55.3 Å². The summed E-state index contributed by atoms with van der Waals surface area (Å²) < 4.78 is 0. The zero-order valence-electron chi connectivity index (χ0n) is 26.8. The minimum absolute atomic E-state index is 1.06. The van der Waals surface area contributed by atoms with Crippen LogP contribution in [0.4, 0.5) is 22.7 Å². The first-order valence-corrected chi connectivity index (χ1v) is 16.7. The Morgan fingerprint density at radius 3 is 1.71 bits per heavy atom. The zero-order valence-corrected chi connectivity index (χ0v) is 26.8. The maximum atomic E-state index is 3.78. The largest absolute Gasteiger partial charge is 0.355 e. The van der Waals surface area contributed by atoms with Gasteiger partial charge in [-0.1, -0.05) is 121 Å². The van der Waals surface area contributed by atoms with Gasteiger partial charge in [-0.05, 0) is 88.3 Å². The first-order valence-electron chi connectivity index (χ1n) is 16.7. The van der Waals surface area contributed by atoms with Crippen molar-refractivity contribution in [3.63, 3.8) is 0 Å². The molecule has 0 aliphatic heterocycles. The van der Waals surface area contributed by atoms with Crippen LogP contribution in [-0.2, 0) is 0 Å². The lowest BCUT2D eigenvalue weighted by Crippen LogP contribution is -1.96. The molecule has 0 saturated carbocycles. The van der Waals surface area contributed by atoms with Crippen LogP contribution in [0, 0.1) is 0 Å². The summed E-state index contributed by atoms with van der Waals surface area (Å²) in [5.41, 5.74) is 13.5. The second kappa shape index (κ2) is 12.2. The summed E-state index contributed by atoms with van der Waals surface area (Å²) in [5, 5.41) is 12.4. The van der Waals surface area contributed by atoms with Gasteiger partial charge in [0.05, 0.1) is 0 Å². The second-order valence-corrected chi connectivity index (χ2v) is 12.5.